The third-order valence-corrected chi connectivity index (χ3v) is 3.86. The Morgan fingerprint density at radius 1 is 1.21 bits per heavy atom. The average molecular weight is 204 g/mol. The highest BCUT2D eigenvalue weighted by Gasteiger charge is 2.14. The summed E-state index contributed by atoms with van der Waals surface area (Å²) in [5.41, 5.74) is 9.82. The van der Waals surface area contributed by atoms with E-state index in [4.69, 9.17) is 5.73 Å². The second-order valence-electron chi connectivity index (χ2n) is 3.81. The molecule has 1 aromatic carbocycles. The highest BCUT2D eigenvalue weighted by molar-refractivity contribution is 7.22. The minimum atomic E-state index is 0.693. The van der Waals surface area contributed by atoms with E-state index in [9.17, 15) is 0 Å². The van der Waals surface area contributed by atoms with Crippen molar-refractivity contribution in [3.05, 3.63) is 23.3 Å². The van der Waals surface area contributed by atoms with Crippen molar-refractivity contribution in [2.75, 3.05) is 5.73 Å². The van der Waals surface area contributed by atoms with Gasteiger partial charge >= 0.3 is 0 Å². The Morgan fingerprint density at radius 2 is 2.07 bits per heavy atom. The number of thiazole rings is 1. The summed E-state index contributed by atoms with van der Waals surface area (Å²) < 4.78 is 1.32. The molecule has 3 rings (SSSR count). The molecule has 72 valence electrons. The summed E-state index contributed by atoms with van der Waals surface area (Å²) in [4.78, 5) is 4.32. The molecule has 1 aromatic heterocycles. The smallest absolute Gasteiger partial charge is 0.181 e. The molecule has 0 atom stereocenters. The molecule has 0 amide bonds. The van der Waals surface area contributed by atoms with Crippen LogP contribution in [0.3, 0.4) is 0 Å². The van der Waals surface area contributed by atoms with Crippen LogP contribution in [0, 0.1) is 0 Å². The van der Waals surface area contributed by atoms with Gasteiger partial charge in [0.1, 0.15) is 0 Å². The number of anilines is 1. The van der Waals surface area contributed by atoms with E-state index < -0.39 is 0 Å². The molecule has 2 N–H and O–H groups in total. The van der Waals surface area contributed by atoms with E-state index in [0.29, 0.717) is 5.13 Å². The van der Waals surface area contributed by atoms with Gasteiger partial charge < -0.3 is 5.73 Å². The SMILES string of the molecule is Nc1nc2ccc3c(c2s1)CCCC3. The van der Waals surface area contributed by atoms with Crippen LogP contribution in [0.1, 0.15) is 24.0 Å². The van der Waals surface area contributed by atoms with Gasteiger partial charge in [-0.3, -0.25) is 0 Å². The predicted molar refractivity (Wildman–Crippen MR) is 60.7 cm³/mol. The van der Waals surface area contributed by atoms with Gasteiger partial charge in [-0.1, -0.05) is 17.4 Å². The second-order valence-corrected chi connectivity index (χ2v) is 4.84. The highest BCUT2D eigenvalue weighted by Crippen LogP contribution is 2.33. The molecule has 0 radical (unpaired) electrons. The molecular weight excluding hydrogens is 192 g/mol. The Hall–Kier alpha value is -1.09. The van der Waals surface area contributed by atoms with E-state index in [-0.39, 0.29) is 0 Å². The number of nitrogens with zero attached hydrogens (tertiary/aromatic N) is 1. The molecule has 1 aliphatic carbocycles. The van der Waals surface area contributed by atoms with Crippen molar-refractivity contribution < 1.29 is 0 Å². The first-order chi connectivity index (χ1) is 6.84. The molecule has 2 nitrogen and oxygen atoms in total. The normalized spacial score (nSPS) is 15.7. The molecule has 0 bridgehead atoms. The molecular formula is C11H12N2S. The fourth-order valence-electron chi connectivity index (χ4n) is 2.23. The Balaban J connectivity index is 2.33. The molecule has 0 saturated heterocycles. The number of nitrogen functional groups attached to an aromatic ring is 1. The number of fused-ring (bicyclic) bond motifs is 3. The summed E-state index contributed by atoms with van der Waals surface area (Å²) in [6.07, 6.45) is 5.06. The molecule has 0 aliphatic heterocycles. The van der Waals surface area contributed by atoms with E-state index in [2.05, 4.69) is 17.1 Å². The third kappa shape index (κ3) is 1.12. The number of aromatic nitrogens is 1. The number of benzene rings is 1. The van der Waals surface area contributed by atoms with Crippen molar-refractivity contribution >= 4 is 26.7 Å². The van der Waals surface area contributed by atoms with Gasteiger partial charge in [-0.25, -0.2) is 4.98 Å². The van der Waals surface area contributed by atoms with Crippen molar-refractivity contribution in [3.8, 4) is 0 Å². The summed E-state index contributed by atoms with van der Waals surface area (Å²) in [5.74, 6) is 0. The molecule has 1 heterocycles. The first-order valence-electron chi connectivity index (χ1n) is 5.01. The summed E-state index contributed by atoms with van der Waals surface area (Å²) in [6.45, 7) is 0. The average Bonchev–Trinajstić information content (AvgIpc) is 2.59. The van der Waals surface area contributed by atoms with Gasteiger partial charge in [0.2, 0.25) is 0 Å². The van der Waals surface area contributed by atoms with Crippen molar-refractivity contribution in [1.82, 2.24) is 4.98 Å². The quantitative estimate of drug-likeness (QED) is 0.716. The fraction of sp³-hybridized carbons (Fsp3) is 0.364. The molecule has 0 fully saturated rings. The highest BCUT2D eigenvalue weighted by atomic mass is 32.1. The van der Waals surface area contributed by atoms with Crippen LogP contribution in [-0.4, -0.2) is 4.98 Å². The molecule has 14 heavy (non-hydrogen) atoms. The van der Waals surface area contributed by atoms with Crippen molar-refractivity contribution in [3.63, 3.8) is 0 Å². The lowest BCUT2D eigenvalue weighted by molar-refractivity contribution is 0.690. The number of nitrogens with two attached hydrogens (primary N) is 1. The van der Waals surface area contributed by atoms with Gasteiger partial charge in [0.25, 0.3) is 0 Å². The predicted octanol–water partition coefficient (Wildman–Crippen LogP) is 2.76. The van der Waals surface area contributed by atoms with E-state index in [1.54, 1.807) is 11.3 Å². The van der Waals surface area contributed by atoms with Crippen molar-refractivity contribution in [2.24, 2.45) is 0 Å². The van der Waals surface area contributed by atoms with Crippen LogP contribution in [0.15, 0.2) is 12.1 Å². The topological polar surface area (TPSA) is 38.9 Å². The maximum absolute atomic E-state index is 5.73. The summed E-state index contributed by atoms with van der Waals surface area (Å²) >= 11 is 1.63. The number of hydrogen-bond acceptors (Lipinski definition) is 3. The zero-order valence-electron chi connectivity index (χ0n) is 7.92. The monoisotopic (exact) mass is 204 g/mol. The molecule has 2 aromatic rings. The van der Waals surface area contributed by atoms with Crippen LogP contribution >= 0.6 is 11.3 Å². The Labute approximate surface area is 86.8 Å². The van der Waals surface area contributed by atoms with Gasteiger partial charge in [0.15, 0.2) is 5.13 Å². The van der Waals surface area contributed by atoms with Crippen molar-refractivity contribution in [2.45, 2.75) is 25.7 Å². The van der Waals surface area contributed by atoms with Gasteiger partial charge in [0.05, 0.1) is 10.2 Å². The lowest BCUT2D eigenvalue weighted by atomic mass is 9.91. The van der Waals surface area contributed by atoms with E-state index >= 15 is 0 Å². The molecule has 1 aliphatic rings. The van der Waals surface area contributed by atoms with Crippen LogP contribution in [0.25, 0.3) is 10.2 Å². The largest absolute Gasteiger partial charge is 0.375 e. The summed E-state index contributed by atoms with van der Waals surface area (Å²) in [6, 6.07) is 4.32. The molecule has 0 spiro atoms. The lowest BCUT2D eigenvalue weighted by Crippen LogP contribution is -2.01. The van der Waals surface area contributed by atoms with Crippen LogP contribution in [0.5, 0.6) is 0 Å². The van der Waals surface area contributed by atoms with E-state index in [1.807, 2.05) is 0 Å². The Morgan fingerprint density at radius 3 is 3.00 bits per heavy atom. The van der Waals surface area contributed by atoms with E-state index in [1.165, 1.54) is 41.5 Å². The third-order valence-electron chi connectivity index (χ3n) is 2.90. The Bertz CT molecular complexity index is 487. The van der Waals surface area contributed by atoms with Crippen LogP contribution in [-0.2, 0) is 12.8 Å². The van der Waals surface area contributed by atoms with Gasteiger partial charge in [-0.2, -0.15) is 0 Å². The minimum absolute atomic E-state index is 0.693. The molecule has 3 heteroatoms. The summed E-state index contributed by atoms with van der Waals surface area (Å²) in [5, 5.41) is 0.693. The standard InChI is InChI=1S/C11H12N2S/c12-11-13-9-6-5-7-3-1-2-4-8(7)10(9)14-11/h5-6H,1-4H2,(H2,12,13). The van der Waals surface area contributed by atoms with Crippen molar-refractivity contribution in [1.29, 1.82) is 0 Å². The first kappa shape index (κ1) is 8.24. The van der Waals surface area contributed by atoms with Crippen LogP contribution in [0.4, 0.5) is 5.13 Å². The number of hydrogen-bond donors (Lipinski definition) is 1. The van der Waals surface area contributed by atoms with Gasteiger partial charge in [-0.15, -0.1) is 0 Å². The maximum atomic E-state index is 5.73. The van der Waals surface area contributed by atoms with Gasteiger partial charge in [0, 0.05) is 0 Å². The second kappa shape index (κ2) is 2.95. The molecule has 0 saturated carbocycles. The zero-order chi connectivity index (χ0) is 9.54. The summed E-state index contributed by atoms with van der Waals surface area (Å²) in [7, 11) is 0. The maximum Gasteiger partial charge on any atom is 0.181 e. The van der Waals surface area contributed by atoms with Crippen LogP contribution < -0.4 is 5.73 Å². The first-order valence-corrected chi connectivity index (χ1v) is 5.83. The lowest BCUT2D eigenvalue weighted by Gasteiger charge is -2.15. The van der Waals surface area contributed by atoms with Crippen LogP contribution in [0.2, 0.25) is 0 Å². The molecule has 0 unspecified atom stereocenters. The zero-order valence-corrected chi connectivity index (χ0v) is 8.73. The Kier molecular flexibility index (Phi) is 1.74. The van der Waals surface area contributed by atoms with E-state index in [0.717, 1.165) is 5.52 Å². The van der Waals surface area contributed by atoms with Gasteiger partial charge in [-0.05, 0) is 42.9 Å². The fourth-order valence-corrected chi connectivity index (χ4v) is 3.16. The number of rotatable bonds is 0. The number of aryl methyl sites for hydroxylation is 2. The minimum Gasteiger partial charge on any atom is -0.375 e.